The maximum Gasteiger partial charge on any atom is 0.250 e. The Morgan fingerprint density at radius 2 is 1.86 bits per heavy atom. The second-order valence-corrected chi connectivity index (χ2v) is 9.08. The van der Waals surface area contributed by atoms with Gasteiger partial charge in [0.1, 0.15) is 5.54 Å². The topological polar surface area (TPSA) is 69.7 Å². The molecule has 4 atom stereocenters. The first-order valence-corrected chi connectivity index (χ1v) is 10.7. The first-order chi connectivity index (χ1) is 14.0. The molecule has 4 aliphatic rings. The first kappa shape index (κ1) is 17.4. The number of nitrogens with zero attached hydrogens (tertiary/aromatic N) is 2. The van der Waals surface area contributed by atoms with Crippen molar-refractivity contribution in [2.45, 2.75) is 24.4 Å². The SMILES string of the molecule is O=C1C2C3CCCN3C3(C(=O)Nc4ccccc43)C2C(=O)N1c1cccc(Br)c1. The molecule has 4 unspecified atom stereocenters. The molecule has 2 aromatic rings. The summed E-state index contributed by atoms with van der Waals surface area (Å²) in [5.74, 6) is -1.86. The molecule has 29 heavy (non-hydrogen) atoms. The molecule has 3 amide bonds. The lowest BCUT2D eigenvalue weighted by Crippen LogP contribution is -2.54. The number of hydrogen-bond donors (Lipinski definition) is 1. The Labute approximate surface area is 176 Å². The fourth-order valence-electron chi connectivity index (χ4n) is 6.03. The van der Waals surface area contributed by atoms with Crippen LogP contribution in [0.2, 0.25) is 0 Å². The lowest BCUT2D eigenvalue weighted by atomic mass is 9.75. The summed E-state index contributed by atoms with van der Waals surface area (Å²) in [4.78, 5) is 44.2. The summed E-state index contributed by atoms with van der Waals surface area (Å²) >= 11 is 3.42. The maximum absolute atomic E-state index is 13.7. The van der Waals surface area contributed by atoms with E-state index in [2.05, 4.69) is 26.1 Å². The summed E-state index contributed by atoms with van der Waals surface area (Å²) in [6.45, 7) is 0.719. The van der Waals surface area contributed by atoms with Gasteiger partial charge >= 0.3 is 0 Å². The lowest BCUT2D eigenvalue weighted by Gasteiger charge is -2.36. The Balaban J connectivity index is 1.56. The monoisotopic (exact) mass is 451 g/mol. The van der Waals surface area contributed by atoms with Gasteiger partial charge in [0.05, 0.1) is 17.5 Å². The van der Waals surface area contributed by atoms with E-state index in [1.165, 1.54) is 4.90 Å². The van der Waals surface area contributed by atoms with E-state index in [4.69, 9.17) is 0 Å². The summed E-state index contributed by atoms with van der Waals surface area (Å²) in [5, 5.41) is 2.98. The average molecular weight is 452 g/mol. The van der Waals surface area contributed by atoms with Gasteiger partial charge in [-0.2, -0.15) is 0 Å². The third kappa shape index (κ3) is 1.97. The van der Waals surface area contributed by atoms with Crippen LogP contribution in [0, 0.1) is 11.8 Å². The Morgan fingerprint density at radius 3 is 2.69 bits per heavy atom. The molecule has 0 saturated carbocycles. The van der Waals surface area contributed by atoms with Gasteiger partial charge in [-0.25, -0.2) is 4.90 Å². The molecule has 0 bridgehead atoms. The second kappa shape index (κ2) is 5.77. The minimum Gasteiger partial charge on any atom is -0.324 e. The molecule has 4 heterocycles. The molecule has 0 radical (unpaired) electrons. The van der Waals surface area contributed by atoms with Gasteiger partial charge in [-0.3, -0.25) is 19.3 Å². The van der Waals surface area contributed by atoms with Crippen molar-refractivity contribution in [2.75, 3.05) is 16.8 Å². The van der Waals surface area contributed by atoms with E-state index >= 15 is 0 Å². The molecule has 3 fully saturated rings. The smallest absolute Gasteiger partial charge is 0.250 e. The molecule has 3 saturated heterocycles. The number of carbonyl (C=O) groups excluding carboxylic acids is 3. The van der Waals surface area contributed by atoms with Crippen molar-refractivity contribution in [3.05, 3.63) is 58.6 Å². The normalized spacial score (nSPS) is 32.7. The zero-order chi connectivity index (χ0) is 19.9. The number of anilines is 2. The van der Waals surface area contributed by atoms with E-state index in [0.717, 1.165) is 35.1 Å². The van der Waals surface area contributed by atoms with Gasteiger partial charge in [0.2, 0.25) is 17.7 Å². The quantitative estimate of drug-likeness (QED) is 0.676. The van der Waals surface area contributed by atoms with Crippen molar-refractivity contribution in [2.24, 2.45) is 11.8 Å². The lowest BCUT2D eigenvalue weighted by molar-refractivity contribution is -0.135. The number of para-hydroxylation sites is 1. The van der Waals surface area contributed by atoms with E-state index in [0.29, 0.717) is 5.69 Å². The fourth-order valence-corrected chi connectivity index (χ4v) is 6.42. The van der Waals surface area contributed by atoms with Crippen LogP contribution in [-0.2, 0) is 19.9 Å². The maximum atomic E-state index is 13.7. The van der Waals surface area contributed by atoms with Crippen LogP contribution in [0.5, 0.6) is 0 Å². The third-order valence-corrected chi connectivity index (χ3v) is 7.46. The van der Waals surface area contributed by atoms with Crippen LogP contribution in [0.1, 0.15) is 18.4 Å². The summed E-state index contributed by atoms with van der Waals surface area (Å²) in [6.07, 6.45) is 1.74. The number of amides is 3. The van der Waals surface area contributed by atoms with Crippen molar-refractivity contribution in [3.8, 4) is 0 Å². The molecule has 146 valence electrons. The van der Waals surface area contributed by atoms with Gasteiger partial charge in [-0.1, -0.05) is 40.2 Å². The van der Waals surface area contributed by atoms with Gasteiger partial charge in [-0.05, 0) is 43.7 Å². The summed E-state index contributed by atoms with van der Waals surface area (Å²) in [6, 6.07) is 14.7. The molecule has 0 aromatic heterocycles. The van der Waals surface area contributed by atoms with Crippen molar-refractivity contribution < 1.29 is 14.4 Å². The number of fused-ring (bicyclic) bond motifs is 7. The van der Waals surface area contributed by atoms with E-state index in [-0.39, 0.29) is 23.8 Å². The zero-order valence-electron chi connectivity index (χ0n) is 15.5. The van der Waals surface area contributed by atoms with E-state index in [1.54, 1.807) is 12.1 Å². The van der Waals surface area contributed by atoms with Gasteiger partial charge in [0.15, 0.2) is 0 Å². The molecule has 6 nitrogen and oxygen atoms in total. The number of benzene rings is 2. The molecule has 2 aromatic carbocycles. The molecule has 4 aliphatic heterocycles. The minimum absolute atomic E-state index is 0.0921. The van der Waals surface area contributed by atoms with Crippen molar-refractivity contribution in [3.63, 3.8) is 0 Å². The van der Waals surface area contributed by atoms with Crippen LogP contribution in [0.3, 0.4) is 0 Å². The predicted octanol–water partition coefficient (Wildman–Crippen LogP) is 2.88. The van der Waals surface area contributed by atoms with Crippen LogP contribution in [0.4, 0.5) is 11.4 Å². The Bertz CT molecular complexity index is 1100. The number of nitrogens with one attached hydrogen (secondary N) is 1. The van der Waals surface area contributed by atoms with Crippen molar-refractivity contribution in [1.29, 1.82) is 0 Å². The third-order valence-electron chi connectivity index (χ3n) is 6.97. The molecule has 0 aliphatic carbocycles. The van der Waals surface area contributed by atoms with Crippen molar-refractivity contribution in [1.82, 2.24) is 4.90 Å². The van der Waals surface area contributed by atoms with Crippen LogP contribution >= 0.6 is 15.9 Å². The first-order valence-electron chi connectivity index (χ1n) is 9.86. The molecule has 1 N–H and O–H groups in total. The number of hydrogen-bond acceptors (Lipinski definition) is 4. The molecular weight excluding hydrogens is 434 g/mol. The molecule has 1 spiro atoms. The number of imide groups is 1. The van der Waals surface area contributed by atoms with Crippen LogP contribution in [0.15, 0.2) is 53.0 Å². The standard InChI is InChI=1S/C22H18BrN3O3/c23-12-5-3-6-13(11-12)26-19(27)17-16-9-4-10-25(16)22(18(17)20(26)28)14-7-1-2-8-15(14)24-21(22)29/h1-3,5-8,11,16-18H,4,9-10H2,(H,24,29). The molecule has 6 rings (SSSR count). The summed E-state index contributed by atoms with van der Waals surface area (Å²) in [5.41, 5.74) is 1.01. The Kier molecular flexibility index (Phi) is 3.45. The zero-order valence-corrected chi connectivity index (χ0v) is 17.1. The van der Waals surface area contributed by atoms with Gasteiger partial charge in [0, 0.05) is 21.8 Å². The van der Waals surface area contributed by atoms with Gasteiger partial charge in [-0.15, -0.1) is 0 Å². The van der Waals surface area contributed by atoms with Crippen LogP contribution in [0.25, 0.3) is 0 Å². The molecule has 7 heteroatoms. The highest BCUT2D eigenvalue weighted by molar-refractivity contribution is 9.10. The highest BCUT2D eigenvalue weighted by Gasteiger charge is 2.74. The minimum atomic E-state index is -1.10. The van der Waals surface area contributed by atoms with E-state index in [1.807, 2.05) is 36.4 Å². The number of carbonyl (C=O) groups is 3. The van der Waals surface area contributed by atoms with Gasteiger partial charge < -0.3 is 5.32 Å². The molecular formula is C22H18BrN3O3. The van der Waals surface area contributed by atoms with E-state index < -0.39 is 17.4 Å². The highest BCUT2D eigenvalue weighted by Crippen LogP contribution is 2.60. The van der Waals surface area contributed by atoms with Crippen LogP contribution < -0.4 is 10.2 Å². The predicted molar refractivity (Wildman–Crippen MR) is 110 cm³/mol. The second-order valence-electron chi connectivity index (χ2n) is 8.16. The highest BCUT2D eigenvalue weighted by atomic mass is 79.9. The van der Waals surface area contributed by atoms with Crippen LogP contribution in [-0.4, -0.2) is 35.2 Å². The fraction of sp³-hybridized carbons (Fsp3) is 0.318. The van der Waals surface area contributed by atoms with Gasteiger partial charge in [0.25, 0.3) is 0 Å². The van der Waals surface area contributed by atoms with Crippen molar-refractivity contribution >= 4 is 45.0 Å². The Morgan fingerprint density at radius 1 is 1.03 bits per heavy atom. The Hall–Kier alpha value is -2.51. The largest absolute Gasteiger partial charge is 0.324 e. The average Bonchev–Trinajstić information content (AvgIpc) is 3.40. The number of rotatable bonds is 1. The van der Waals surface area contributed by atoms with E-state index in [9.17, 15) is 14.4 Å². The summed E-state index contributed by atoms with van der Waals surface area (Å²) in [7, 11) is 0. The summed E-state index contributed by atoms with van der Waals surface area (Å²) < 4.78 is 0.800. The number of halogens is 1.